The van der Waals surface area contributed by atoms with Crippen molar-refractivity contribution < 1.29 is 4.79 Å². The van der Waals surface area contributed by atoms with Gasteiger partial charge in [0.1, 0.15) is 0 Å². The molecule has 1 amide bonds. The summed E-state index contributed by atoms with van der Waals surface area (Å²) in [5.74, 6) is 1.30. The van der Waals surface area contributed by atoms with E-state index in [4.69, 9.17) is 0 Å². The van der Waals surface area contributed by atoms with E-state index in [1.807, 2.05) is 13.1 Å². The van der Waals surface area contributed by atoms with Crippen LogP contribution in [-0.2, 0) is 18.4 Å². The number of rotatable bonds is 5. The molecule has 0 aromatic carbocycles. The van der Waals surface area contributed by atoms with E-state index in [-0.39, 0.29) is 18.3 Å². The zero-order valence-electron chi connectivity index (χ0n) is 12.3. The molecule has 1 atom stereocenters. The van der Waals surface area contributed by atoms with Gasteiger partial charge in [0.15, 0.2) is 0 Å². The van der Waals surface area contributed by atoms with E-state index in [0.29, 0.717) is 24.8 Å². The van der Waals surface area contributed by atoms with E-state index >= 15 is 0 Å². The van der Waals surface area contributed by atoms with Gasteiger partial charge in [-0.1, -0.05) is 6.92 Å². The normalized spacial score (nSPS) is 17.3. The van der Waals surface area contributed by atoms with Gasteiger partial charge in [-0.05, 0) is 43.8 Å². The maximum atomic E-state index is 11.9. The number of aryl methyl sites for hydroxylation is 1. The first-order chi connectivity index (χ1) is 9.16. The van der Waals surface area contributed by atoms with Crippen molar-refractivity contribution in [1.29, 1.82) is 0 Å². The Kier molecular flexibility index (Phi) is 7.02. The minimum atomic E-state index is 0. The molecule has 0 aliphatic carbocycles. The van der Waals surface area contributed by atoms with Gasteiger partial charge in [-0.2, -0.15) is 5.10 Å². The van der Waals surface area contributed by atoms with Crippen LogP contribution in [0.1, 0.15) is 31.9 Å². The number of nitrogens with zero attached hydrogens (tertiary/aromatic N) is 2. The minimum Gasteiger partial charge on any atom is -0.350 e. The van der Waals surface area contributed by atoms with Crippen LogP contribution in [0.3, 0.4) is 0 Å². The summed E-state index contributed by atoms with van der Waals surface area (Å²) in [5.41, 5.74) is 1.03. The first-order valence-electron chi connectivity index (χ1n) is 7.11. The number of carbonyl (C=O) groups is 1. The van der Waals surface area contributed by atoms with E-state index in [9.17, 15) is 4.79 Å². The van der Waals surface area contributed by atoms with Gasteiger partial charge >= 0.3 is 0 Å². The third-order valence-electron chi connectivity index (χ3n) is 4.09. The number of piperidine rings is 1. The van der Waals surface area contributed by atoms with Crippen molar-refractivity contribution in [2.24, 2.45) is 18.9 Å². The molecule has 0 radical (unpaired) electrons. The Morgan fingerprint density at radius 2 is 2.25 bits per heavy atom. The van der Waals surface area contributed by atoms with Crippen molar-refractivity contribution in [2.75, 3.05) is 13.1 Å². The van der Waals surface area contributed by atoms with Gasteiger partial charge in [0.25, 0.3) is 0 Å². The third kappa shape index (κ3) is 4.80. The second-order valence-corrected chi connectivity index (χ2v) is 5.49. The summed E-state index contributed by atoms with van der Waals surface area (Å²) in [6.07, 6.45) is 4.76. The molecular formula is C14H25ClN4O. The molecule has 2 N–H and O–H groups in total. The molecule has 5 nitrogen and oxygen atoms in total. The average Bonchev–Trinajstić information content (AvgIpc) is 2.83. The van der Waals surface area contributed by atoms with Crippen LogP contribution in [-0.4, -0.2) is 28.8 Å². The van der Waals surface area contributed by atoms with Gasteiger partial charge in [-0.25, -0.2) is 0 Å². The van der Waals surface area contributed by atoms with E-state index in [2.05, 4.69) is 22.7 Å². The van der Waals surface area contributed by atoms with Crippen molar-refractivity contribution in [3.63, 3.8) is 0 Å². The fraction of sp³-hybridized carbons (Fsp3) is 0.714. The quantitative estimate of drug-likeness (QED) is 0.866. The molecule has 1 aromatic rings. The number of carbonyl (C=O) groups excluding carboxylic acids is 1. The van der Waals surface area contributed by atoms with E-state index < -0.39 is 0 Å². The molecule has 114 valence electrons. The lowest BCUT2D eigenvalue weighted by Gasteiger charge is -2.27. The van der Waals surface area contributed by atoms with Crippen molar-refractivity contribution >= 4 is 18.3 Å². The molecule has 20 heavy (non-hydrogen) atoms. The van der Waals surface area contributed by atoms with Crippen molar-refractivity contribution in [3.8, 4) is 0 Å². The van der Waals surface area contributed by atoms with Gasteiger partial charge in [0, 0.05) is 19.7 Å². The number of halogens is 1. The van der Waals surface area contributed by atoms with Crippen LogP contribution in [0.4, 0.5) is 0 Å². The fourth-order valence-corrected chi connectivity index (χ4v) is 2.71. The zero-order chi connectivity index (χ0) is 13.7. The Labute approximate surface area is 126 Å². The molecule has 0 bridgehead atoms. The molecule has 2 rings (SSSR count). The Morgan fingerprint density at radius 3 is 2.85 bits per heavy atom. The van der Waals surface area contributed by atoms with E-state index in [0.717, 1.165) is 18.8 Å². The number of aromatic nitrogens is 2. The average molecular weight is 301 g/mol. The molecule has 1 aliphatic rings. The van der Waals surface area contributed by atoms with Crippen molar-refractivity contribution in [1.82, 2.24) is 20.4 Å². The Morgan fingerprint density at radius 1 is 1.55 bits per heavy atom. The third-order valence-corrected chi connectivity index (χ3v) is 4.09. The standard InChI is InChI=1S/C14H24N4O.ClH/c1-11(12-3-6-15-7-4-12)9-14(19)16-10-13-5-8-17-18(13)2;/h5,8,11-12,15H,3-4,6-7,9-10H2,1-2H3,(H,16,19);1H. The van der Waals surface area contributed by atoms with Gasteiger partial charge in [-0.15, -0.1) is 12.4 Å². The lowest BCUT2D eigenvalue weighted by Crippen LogP contribution is -2.33. The smallest absolute Gasteiger partial charge is 0.220 e. The Hall–Kier alpha value is -1.07. The number of amides is 1. The predicted molar refractivity (Wildman–Crippen MR) is 81.7 cm³/mol. The van der Waals surface area contributed by atoms with Crippen LogP contribution >= 0.6 is 12.4 Å². The Bertz CT molecular complexity index is 415. The second kappa shape index (κ2) is 8.27. The Balaban J connectivity index is 0.00000200. The van der Waals surface area contributed by atoms with Gasteiger partial charge in [0.05, 0.1) is 12.2 Å². The van der Waals surface area contributed by atoms with Crippen LogP contribution in [0, 0.1) is 11.8 Å². The predicted octanol–water partition coefficient (Wildman–Crippen LogP) is 1.48. The molecule has 1 aromatic heterocycles. The molecule has 1 unspecified atom stereocenters. The minimum absolute atomic E-state index is 0. The largest absolute Gasteiger partial charge is 0.350 e. The van der Waals surface area contributed by atoms with Crippen LogP contribution in [0.25, 0.3) is 0 Å². The summed E-state index contributed by atoms with van der Waals surface area (Å²) < 4.78 is 1.79. The molecule has 0 saturated carbocycles. The van der Waals surface area contributed by atoms with Crippen LogP contribution in [0.15, 0.2) is 12.3 Å². The number of hydrogen-bond acceptors (Lipinski definition) is 3. The first kappa shape index (κ1) is 17.0. The summed E-state index contributed by atoms with van der Waals surface area (Å²) in [4.78, 5) is 11.9. The van der Waals surface area contributed by atoms with Crippen molar-refractivity contribution in [3.05, 3.63) is 18.0 Å². The molecule has 0 spiro atoms. The monoisotopic (exact) mass is 300 g/mol. The summed E-state index contributed by atoms with van der Waals surface area (Å²) >= 11 is 0. The summed E-state index contributed by atoms with van der Waals surface area (Å²) in [7, 11) is 1.89. The van der Waals surface area contributed by atoms with E-state index in [1.165, 1.54) is 12.8 Å². The lowest BCUT2D eigenvalue weighted by atomic mass is 9.84. The van der Waals surface area contributed by atoms with Crippen LogP contribution < -0.4 is 10.6 Å². The molecule has 6 heteroatoms. The van der Waals surface area contributed by atoms with Gasteiger partial charge < -0.3 is 10.6 Å². The van der Waals surface area contributed by atoms with Gasteiger partial charge in [0.2, 0.25) is 5.91 Å². The highest BCUT2D eigenvalue weighted by molar-refractivity contribution is 5.85. The number of nitrogens with one attached hydrogen (secondary N) is 2. The maximum Gasteiger partial charge on any atom is 0.220 e. The summed E-state index contributed by atoms with van der Waals surface area (Å²) in [6, 6.07) is 1.93. The first-order valence-corrected chi connectivity index (χ1v) is 7.11. The highest BCUT2D eigenvalue weighted by Gasteiger charge is 2.21. The zero-order valence-corrected chi connectivity index (χ0v) is 13.1. The highest BCUT2D eigenvalue weighted by Crippen LogP contribution is 2.24. The van der Waals surface area contributed by atoms with Gasteiger partial charge in [-0.3, -0.25) is 9.48 Å². The number of hydrogen-bond donors (Lipinski definition) is 2. The summed E-state index contributed by atoms with van der Waals surface area (Å²) in [6.45, 7) is 4.94. The van der Waals surface area contributed by atoms with Crippen molar-refractivity contribution in [2.45, 2.75) is 32.7 Å². The fourth-order valence-electron chi connectivity index (χ4n) is 2.71. The molecule has 1 aliphatic heterocycles. The maximum absolute atomic E-state index is 11.9. The van der Waals surface area contributed by atoms with Crippen LogP contribution in [0.2, 0.25) is 0 Å². The SMILES string of the molecule is CC(CC(=O)NCc1ccnn1C)C1CCNCC1.Cl. The topological polar surface area (TPSA) is 59.0 Å². The molecule has 1 saturated heterocycles. The molecule has 2 heterocycles. The van der Waals surface area contributed by atoms with E-state index in [1.54, 1.807) is 10.9 Å². The molecular weight excluding hydrogens is 276 g/mol. The summed E-state index contributed by atoms with van der Waals surface area (Å²) in [5, 5.41) is 10.4. The van der Waals surface area contributed by atoms with Crippen LogP contribution in [0.5, 0.6) is 0 Å². The molecule has 1 fully saturated rings. The highest BCUT2D eigenvalue weighted by atomic mass is 35.5. The second-order valence-electron chi connectivity index (χ2n) is 5.49. The lowest BCUT2D eigenvalue weighted by molar-refractivity contribution is -0.122.